The van der Waals surface area contributed by atoms with Crippen molar-refractivity contribution in [2.45, 2.75) is 33.2 Å². The Labute approximate surface area is 129 Å². The average molecular weight is 303 g/mol. The van der Waals surface area contributed by atoms with Crippen LogP contribution in [0.2, 0.25) is 0 Å². The Bertz CT molecular complexity index is 677. The number of rotatable bonds is 4. The van der Waals surface area contributed by atoms with Crippen LogP contribution in [-0.2, 0) is 0 Å². The zero-order valence-corrected chi connectivity index (χ0v) is 13.2. The lowest BCUT2D eigenvalue weighted by Gasteiger charge is -2.23. The van der Waals surface area contributed by atoms with Gasteiger partial charge in [-0.25, -0.2) is 9.78 Å². The van der Waals surface area contributed by atoms with Crippen LogP contribution in [0.5, 0.6) is 0 Å². The lowest BCUT2D eigenvalue weighted by Crippen LogP contribution is -2.48. The first-order valence-corrected chi connectivity index (χ1v) is 7.04. The van der Waals surface area contributed by atoms with E-state index >= 15 is 0 Å². The monoisotopic (exact) mass is 303 g/mol. The summed E-state index contributed by atoms with van der Waals surface area (Å²) in [6.07, 6.45) is 1.59. The van der Waals surface area contributed by atoms with Crippen molar-refractivity contribution in [3.8, 4) is 11.5 Å². The summed E-state index contributed by atoms with van der Waals surface area (Å²) < 4.78 is 5.42. The summed E-state index contributed by atoms with van der Waals surface area (Å²) in [4.78, 5) is 16.3. The van der Waals surface area contributed by atoms with Gasteiger partial charge in [0.1, 0.15) is 6.26 Å². The summed E-state index contributed by atoms with van der Waals surface area (Å²) in [6, 6.07) is 5.13. The number of anilines is 1. The van der Waals surface area contributed by atoms with E-state index in [2.05, 4.69) is 15.6 Å². The molecule has 0 unspecified atom stereocenters. The molecule has 1 heterocycles. The lowest BCUT2D eigenvalue weighted by molar-refractivity contribution is 0.187. The second-order valence-electron chi connectivity index (χ2n) is 5.94. The molecule has 0 aliphatic rings. The minimum Gasteiger partial charge on any atom is -0.444 e. The van der Waals surface area contributed by atoms with Gasteiger partial charge in [0.25, 0.3) is 0 Å². The molecule has 0 bridgehead atoms. The molecule has 1 aromatic carbocycles. The second kappa shape index (κ2) is 6.19. The molecule has 0 aliphatic heterocycles. The number of amides is 2. The van der Waals surface area contributed by atoms with Gasteiger partial charge in [0, 0.05) is 11.3 Å². The number of carbonyl (C=O) groups excluding carboxylic acids is 1. The van der Waals surface area contributed by atoms with Gasteiger partial charge < -0.3 is 20.2 Å². The Morgan fingerprint density at radius 2 is 2.09 bits per heavy atom. The van der Waals surface area contributed by atoms with Gasteiger partial charge in [-0.2, -0.15) is 0 Å². The van der Waals surface area contributed by atoms with Gasteiger partial charge in [-0.1, -0.05) is 6.07 Å². The molecular formula is C16H21N3O3. The number of carbonyl (C=O) groups is 1. The van der Waals surface area contributed by atoms with Crippen LogP contribution in [0, 0.1) is 13.8 Å². The Balaban J connectivity index is 2.18. The van der Waals surface area contributed by atoms with Crippen molar-refractivity contribution in [3.05, 3.63) is 35.7 Å². The maximum atomic E-state index is 12.0. The van der Waals surface area contributed by atoms with Crippen LogP contribution in [0.25, 0.3) is 11.5 Å². The fourth-order valence-electron chi connectivity index (χ4n) is 1.92. The number of aryl methyl sites for hydroxylation is 2. The first kappa shape index (κ1) is 16.0. The number of oxazole rings is 1. The minimum absolute atomic E-state index is 0.144. The first-order valence-electron chi connectivity index (χ1n) is 7.04. The summed E-state index contributed by atoms with van der Waals surface area (Å²) in [5, 5.41) is 14.6. The Hall–Kier alpha value is -2.34. The van der Waals surface area contributed by atoms with Gasteiger partial charge in [-0.05, 0) is 45.4 Å². The van der Waals surface area contributed by atoms with E-state index in [1.807, 2.05) is 26.0 Å². The number of benzene rings is 1. The molecule has 2 amide bonds. The van der Waals surface area contributed by atoms with Crippen LogP contribution in [0.1, 0.15) is 25.1 Å². The third-order valence-corrected chi connectivity index (χ3v) is 3.19. The van der Waals surface area contributed by atoms with Crippen molar-refractivity contribution in [2.24, 2.45) is 0 Å². The van der Waals surface area contributed by atoms with E-state index in [1.54, 1.807) is 26.2 Å². The molecule has 0 spiro atoms. The van der Waals surface area contributed by atoms with Crippen LogP contribution in [0.15, 0.2) is 28.9 Å². The van der Waals surface area contributed by atoms with E-state index < -0.39 is 5.54 Å². The summed E-state index contributed by atoms with van der Waals surface area (Å²) >= 11 is 0. The molecule has 118 valence electrons. The fraction of sp³-hybridized carbons (Fsp3) is 0.375. The highest BCUT2D eigenvalue weighted by Crippen LogP contribution is 2.26. The predicted octanol–water partition coefficient (Wildman–Crippen LogP) is 2.85. The molecule has 0 aliphatic carbocycles. The van der Waals surface area contributed by atoms with Crippen molar-refractivity contribution in [1.82, 2.24) is 10.3 Å². The number of aliphatic hydroxyl groups is 1. The third kappa shape index (κ3) is 3.85. The summed E-state index contributed by atoms with van der Waals surface area (Å²) in [7, 11) is 0. The van der Waals surface area contributed by atoms with Crippen LogP contribution >= 0.6 is 0 Å². The highest BCUT2D eigenvalue weighted by atomic mass is 16.3. The number of urea groups is 1. The van der Waals surface area contributed by atoms with Gasteiger partial charge in [-0.3, -0.25) is 0 Å². The fourth-order valence-corrected chi connectivity index (χ4v) is 1.92. The van der Waals surface area contributed by atoms with Crippen molar-refractivity contribution in [3.63, 3.8) is 0 Å². The largest absolute Gasteiger partial charge is 0.444 e. The highest BCUT2D eigenvalue weighted by molar-refractivity contribution is 5.90. The van der Waals surface area contributed by atoms with Gasteiger partial charge in [-0.15, -0.1) is 0 Å². The smallest absolute Gasteiger partial charge is 0.319 e. The van der Waals surface area contributed by atoms with E-state index in [-0.39, 0.29) is 12.6 Å². The molecule has 0 radical (unpaired) electrons. The summed E-state index contributed by atoms with van der Waals surface area (Å²) in [5.74, 6) is 0.523. The maximum absolute atomic E-state index is 12.0. The zero-order chi connectivity index (χ0) is 16.3. The summed E-state index contributed by atoms with van der Waals surface area (Å²) in [5.41, 5.74) is 2.57. The predicted molar refractivity (Wildman–Crippen MR) is 84.7 cm³/mol. The third-order valence-electron chi connectivity index (χ3n) is 3.19. The average Bonchev–Trinajstić information content (AvgIpc) is 2.87. The molecule has 0 atom stereocenters. The lowest BCUT2D eigenvalue weighted by atomic mass is 10.1. The van der Waals surface area contributed by atoms with E-state index in [0.29, 0.717) is 11.6 Å². The van der Waals surface area contributed by atoms with Crippen molar-refractivity contribution >= 4 is 11.7 Å². The Morgan fingerprint density at radius 1 is 1.36 bits per heavy atom. The number of nitrogens with one attached hydrogen (secondary N) is 2. The van der Waals surface area contributed by atoms with Gasteiger partial charge in [0.2, 0.25) is 5.89 Å². The standard InChI is InChI=1S/C16H21N3O3/c1-10-5-6-12(18-15(21)19-16(3,4)9-20)7-13(10)14-17-11(2)8-22-14/h5-8,20H,9H2,1-4H3,(H2,18,19,21). The first-order chi connectivity index (χ1) is 10.3. The van der Waals surface area contributed by atoms with Gasteiger partial charge >= 0.3 is 6.03 Å². The van der Waals surface area contributed by atoms with Gasteiger partial charge in [0.15, 0.2) is 0 Å². The molecule has 1 aromatic heterocycles. The zero-order valence-electron chi connectivity index (χ0n) is 13.2. The highest BCUT2D eigenvalue weighted by Gasteiger charge is 2.19. The van der Waals surface area contributed by atoms with Crippen LogP contribution in [0.4, 0.5) is 10.5 Å². The minimum atomic E-state index is -0.683. The Kier molecular flexibility index (Phi) is 4.51. The van der Waals surface area contributed by atoms with Crippen LogP contribution in [0.3, 0.4) is 0 Å². The second-order valence-corrected chi connectivity index (χ2v) is 5.94. The van der Waals surface area contributed by atoms with E-state index in [0.717, 1.165) is 16.8 Å². The molecule has 2 rings (SSSR count). The van der Waals surface area contributed by atoms with Gasteiger partial charge in [0.05, 0.1) is 17.8 Å². The quantitative estimate of drug-likeness (QED) is 0.810. The molecule has 0 fully saturated rings. The normalized spacial score (nSPS) is 11.3. The molecule has 0 saturated carbocycles. The summed E-state index contributed by atoms with van der Waals surface area (Å²) in [6.45, 7) is 7.14. The molecule has 2 aromatic rings. The molecule has 6 nitrogen and oxygen atoms in total. The number of aromatic nitrogens is 1. The van der Waals surface area contributed by atoms with Crippen molar-refractivity contribution in [1.29, 1.82) is 0 Å². The van der Waals surface area contributed by atoms with Crippen molar-refractivity contribution in [2.75, 3.05) is 11.9 Å². The molecule has 3 N–H and O–H groups in total. The number of aliphatic hydroxyl groups excluding tert-OH is 1. The molecular weight excluding hydrogens is 282 g/mol. The van der Waals surface area contributed by atoms with E-state index in [4.69, 9.17) is 4.42 Å². The SMILES string of the molecule is Cc1coc(-c2cc(NC(=O)NC(C)(C)CO)ccc2C)n1. The molecule has 0 saturated heterocycles. The van der Waals surface area contributed by atoms with Crippen molar-refractivity contribution < 1.29 is 14.3 Å². The Morgan fingerprint density at radius 3 is 2.68 bits per heavy atom. The number of nitrogens with zero attached hydrogens (tertiary/aromatic N) is 1. The van der Waals surface area contributed by atoms with E-state index in [1.165, 1.54) is 0 Å². The topological polar surface area (TPSA) is 87.4 Å². The number of hydrogen-bond donors (Lipinski definition) is 3. The van der Waals surface area contributed by atoms with E-state index in [9.17, 15) is 9.90 Å². The molecule has 22 heavy (non-hydrogen) atoms. The van der Waals surface area contributed by atoms with Crippen LogP contribution in [-0.4, -0.2) is 28.3 Å². The van der Waals surface area contributed by atoms with Crippen LogP contribution < -0.4 is 10.6 Å². The molecule has 6 heteroatoms. The maximum Gasteiger partial charge on any atom is 0.319 e. The number of hydrogen-bond acceptors (Lipinski definition) is 4.